The van der Waals surface area contributed by atoms with Gasteiger partial charge in [0.15, 0.2) is 0 Å². The van der Waals surface area contributed by atoms with Crippen molar-refractivity contribution in [2.24, 2.45) is 0 Å². The summed E-state index contributed by atoms with van der Waals surface area (Å²) in [7, 11) is 0. The number of ether oxygens (including phenoxy) is 1. The van der Waals surface area contributed by atoms with Gasteiger partial charge in [-0.1, -0.05) is 6.08 Å². The monoisotopic (exact) mass is 324 g/mol. The Morgan fingerprint density at radius 1 is 1.30 bits per heavy atom. The molecule has 6 heteroatoms. The van der Waals surface area contributed by atoms with E-state index in [9.17, 15) is 13.6 Å². The molecule has 2 N–H and O–H groups in total. The number of halogens is 2. The van der Waals surface area contributed by atoms with Crippen LogP contribution in [-0.4, -0.2) is 25.7 Å². The second-order valence-electron chi connectivity index (χ2n) is 5.44. The number of esters is 1. The Morgan fingerprint density at radius 2 is 2.04 bits per heavy atom. The van der Waals surface area contributed by atoms with Gasteiger partial charge in [0.05, 0.1) is 19.2 Å². The Morgan fingerprint density at radius 3 is 2.65 bits per heavy atom. The smallest absolute Gasteiger partial charge is 0.319 e. The standard InChI is InChI=1S/C17H22F2N2O2/c1-2-23-17(22)11-21-16(10-20-15-5-3-4-6-15)12-7-13(18)9-14(19)8-12/h5,7-9,16,20-21H,2-4,6,10-11H2,1H3/t16-/m0/s1. The fourth-order valence-corrected chi connectivity index (χ4v) is 2.57. The Bertz CT molecular complexity index is 555. The van der Waals surface area contributed by atoms with Crippen molar-refractivity contribution in [3.8, 4) is 0 Å². The fraction of sp³-hybridized carbons (Fsp3) is 0.471. The summed E-state index contributed by atoms with van der Waals surface area (Å²) in [5, 5.41) is 6.28. The highest BCUT2D eigenvalue weighted by molar-refractivity contribution is 5.71. The van der Waals surface area contributed by atoms with Crippen molar-refractivity contribution in [3.63, 3.8) is 0 Å². The van der Waals surface area contributed by atoms with Gasteiger partial charge >= 0.3 is 5.97 Å². The third-order valence-electron chi connectivity index (χ3n) is 3.66. The van der Waals surface area contributed by atoms with Crippen molar-refractivity contribution < 1.29 is 18.3 Å². The van der Waals surface area contributed by atoms with E-state index in [2.05, 4.69) is 16.7 Å². The van der Waals surface area contributed by atoms with Crippen LogP contribution in [0.4, 0.5) is 8.78 Å². The zero-order chi connectivity index (χ0) is 16.7. The molecule has 0 radical (unpaired) electrons. The lowest BCUT2D eigenvalue weighted by Crippen LogP contribution is -2.35. The third kappa shape index (κ3) is 5.63. The van der Waals surface area contributed by atoms with E-state index in [1.54, 1.807) is 6.92 Å². The van der Waals surface area contributed by atoms with Gasteiger partial charge in [0.1, 0.15) is 11.6 Å². The highest BCUT2D eigenvalue weighted by atomic mass is 19.1. The summed E-state index contributed by atoms with van der Waals surface area (Å²) in [5.74, 6) is -1.67. The first-order valence-electron chi connectivity index (χ1n) is 7.86. The van der Waals surface area contributed by atoms with Gasteiger partial charge in [0, 0.05) is 18.3 Å². The second kappa shape index (κ2) is 8.62. The SMILES string of the molecule is CCOC(=O)CN[C@@H](CNC1=CCCC1)c1cc(F)cc(F)c1. The van der Waals surface area contributed by atoms with Crippen LogP contribution in [0.5, 0.6) is 0 Å². The number of nitrogens with one attached hydrogen (secondary N) is 2. The molecule has 1 aliphatic rings. The van der Waals surface area contributed by atoms with Gasteiger partial charge in [-0.15, -0.1) is 0 Å². The van der Waals surface area contributed by atoms with Crippen LogP contribution in [0.2, 0.25) is 0 Å². The van der Waals surface area contributed by atoms with E-state index in [-0.39, 0.29) is 6.54 Å². The van der Waals surface area contributed by atoms with Crippen LogP contribution in [0, 0.1) is 11.6 Å². The summed E-state index contributed by atoms with van der Waals surface area (Å²) in [6, 6.07) is 2.98. The summed E-state index contributed by atoms with van der Waals surface area (Å²) in [4.78, 5) is 11.5. The van der Waals surface area contributed by atoms with Gasteiger partial charge in [0.2, 0.25) is 0 Å². The van der Waals surface area contributed by atoms with Gasteiger partial charge in [-0.3, -0.25) is 10.1 Å². The molecule has 0 saturated heterocycles. The normalized spacial score (nSPS) is 15.2. The van der Waals surface area contributed by atoms with E-state index in [0.717, 1.165) is 31.0 Å². The van der Waals surface area contributed by atoms with Crippen LogP contribution in [-0.2, 0) is 9.53 Å². The van der Waals surface area contributed by atoms with Crippen molar-refractivity contribution in [2.75, 3.05) is 19.7 Å². The Labute approximate surface area is 134 Å². The lowest BCUT2D eigenvalue weighted by Gasteiger charge is -2.21. The minimum absolute atomic E-state index is 0.0165. The summed E-state index contributed by atoms with van der Waals surface area (Å²) < 4.78 is 31.8. The second-order valence-corrected chi connectivity index (χ2v) is 5.44. The Hall–Kier alpha value is -1.95. The molecular weight excluding hydrogens is 302 g/mol. The van der Waals surface area contributed by atoms with Gasteiger partial charge in [0.25, 0.3) is 0 Å². The van der Waals surface area contributed by atoms with Crippen LogP contribution in [0.1, 0.15) is 37.8 Å². The van der Waals surface area contributed by atoms with E-state index in [0.29, 0.717) is 18.7 Å². The molecule has 0 saturated carbocycles. The van der Waals surface area contributed by atoms with E-state index < -0.39 is 23.6 Å². The summed E-state index contributed by atoms with van der Waals surface area (Å²) in [6.45, 7) is 2.45. The molecule has 126 valence electrons. The minimum atomic E-state index is -0.636. The highest BCUT2D eigenvalue weighted by Crippen LogP contribution is 2.19. The number of benzene rings is 1. The zero-order valence-corrected chi connectivity index (χ0v) is 13.2. The van der Waals surface area contributed by atoms with Crippen LogP contribution in [0.25, 0.3) is 0 Å². The molecule has 0 fully saturated rings. The van der Waals surface area contributed by atoms with Gasteiger partial charge in [-0.05, 0) is 43.9 Å². The van der Waals surface area contributed by atoms with Gasteiger partial charge in [-0.2, -0.15) is 0 Å². The number of carbonyl (C=O) groups excluding carboxylic acids is 1. The van der Waals surface area contributed by atoms with E-state index in [1.807, 2.05) is 0 Å². The number of hydrogen-bond acceptors (Lipinski definition) is 4. The van der Waals surface area contributed by atoms with Crippen LogP contribution in [0.3, 0.4) is 0 Å². The topological polar surface area (TPSA) is 50.4 Å². The van der Waals surface area contributed by atoms with Gasteiger partial charge < -0.3 is 10.1 Å². The summed E-state index contributed by atoms with van der Waals surface area (Å²) in [5.41, 5.74) is 1.59. The number of allylic oxidation sites excluding steroid dienone is 2. The summed E-state index contributed by atoms with van der Waals surface area (Å²) >= 11 is 0. The maximum absolute atomic E-state index is 13.5. The molecule has 0 unspecified atom stereocenters. The number of hydrogen-bond donors (Lipinski definition) is 2. The molecule has 0 aromatic heterocycles. The molecule has 1 atom stereocenters. The molecule has 0 aliphatic heterocycles. The van der Waals surface area contributed by atoms with E-state index in [1.165, 1.54) is 12.1 Å². The fourth-order valence-electron chi connectivity index (χ4n) is 2.57. The quantitative estimate of drug-likeness (QED) is 0.722. The predicted molar refractivity (Wildman–Crippen MR) is 83.7 cm³/mol. The van der Waals surface area contributed by atoms with Crippen LogP contribution >= 0.6 is 0 Å². The molecule has 4 nitrogen and oxygen atoms in total. The average Bonchev–Trinajstić information content (AvgIpc) is 2.99. The van der Waals surface area contributed by atoms with Crippen LogP contribution in [0.15, 0.2) is 30.0 Å². The molecule has 1 aromatic carbocycles. The molecule has 1 aliphatic carbocycles. The van der Waals surface area contributed by atoms with E-state index >= 15 is 0 Å². The molecule has 0 heterocycles. The molecule has 23 heavy (non-hydrogen) atoms. The highest BCUT2D eigenvalue weighted by Gasteiger charge is 2.16. The molecular formula is C17H22F2N2O2. The maximum atomic E-state index is 13.5. The Balaban J connectivity index is 2.04. The lowest BCUT2D eigenvalue weighted by atomic mass is 10.1. The molecule has 0 spiro atoms. The van der Waals surface area contributed by atoms with Crippen molar-refractivity contribution in [1.29, 1.82) is 0 Å². The molecule has 2 rings (SSSR count). The predicted octanol–water partition coefficient (Wildman–Crippen LogP) is 2.82. The molecule has 0 amide bonds. The first-order valence-corrected chi connectivity index (χ1v) is 7.86. The zero-order valence-electron chi connectivity index (χ0n) is 13.2. The summed E-state index contributed by atoms with van der Waals surface area (Å²) in [6.07, 6.45) is 5.24. The number of rotatable bonds is 8. The first kappa shape index (κ1) is 17.4. The largest absolute Gasteiger partial charge is 0.465 e. The van der Waals surface area contributed by atoms with Crippen LogP contribution < -0.4 is 10.6 Å². The molecule has 0 bridgehead atoms. The van der Waals surface area contributed by atoms with Crippen molar-refractivity contribution >= 4 is 5.97 Å². The van der Waals surface area contributed by atoms with Crippen molar-refractivity contribution in [1.82, 2.24) is 10.6 Å². The van der Waals surface area contributed by atoms with E-state index in [4.69, 9.17) is 4.74 Å². The lowest BCUT2D eigenvalue weighted by molar-refractivity contribution is -0.142. The van der Waals surface area contributed by atoms with Crippen molar-refractivity contribution in [2.45, 2.75) is 32.2 Å². The third-order valence-corrected chi connectivity index (χ3v) is 3.66. The Kier molecular flexibility index (Phi) is 6.52. The maximum Gasteiger partial charge on any atom is 0.319 e. The van der Waals surface area contributed by atoms with Crippen molar-refractivity contribution in [3.05, 3.63) is 47.2 Å². The first-order chi connectivity index (χ1) is 11.1. The molecule has 1 aromatic rings. The average molecular weight is 324 g/mol. The number of carbonyl (C=O) groups is 1. The minimum Gasteiger partial charge on any atom is -0.465 e. The van der Waals surface area contributed by atoms with Gasteiger partial charge in [-0.25, -0.2) is 8.78 Å².